The first-order chi connectivity index (χ1) is 17.6. The third-order valence-corrected chi connectivity index (χ3v) is 7.84. The molecule has 2 aromatic heterocycles. The second-order valence-corrected chi connectivity index (χ2v) is 10.3. The van der Waals surface area contributed by atoms with Crippen molar-refractivity contribution in [3.8, 4) is 11.1 Å². The van der Waals surface area contributed by atoms with E-state index in [0.717, 1.165) is 63.3 Å². The quantitative estimate of drug-likeness (QED) is 0.325. The van der Waals surface area contributed by atoms with E-state index in [4.69, 9.17) is 4.98 Å². The molecule has 1 fully saturated rings. The van der Waals surface area contributed by atoms with Crippen LogP contribution in [0.25, 0.3) is 32.1 Å². The van der Waals surface area contributed by atoms with Crippen LogP contribution in [0.15, 0.2) is 66.9 Å². The molecule has 0 aliphatic carbocycles. The number of piperazine rings is 1. The Balaban J connectivity index is 1.34. The molecule has 1 saturated heterocycles. The van der Waals surface area contributed by atoms with Crippen molar-refractivity contribution in [2.75, 3.05) is 31.5 Å². The normalized spacial score (nSPS) is 13.9. The Kier molecular flexibility index (Phi) is 5.87. The van der Waals surface area contributed by atoms with E-state index < -0.39 is 0 Å². The molecule has 0 spiro atoms. The van der Waals surface area contributed by atoms with Gasteiger partial charge < -0.3 is 15.5 Å². The SMILES string of the molecule is Cc1cccc(C)c1-c1cccc(Nc2ncc3ccc4sc(C(=O)N5CCNCC5)cc4c3n2)c1. The van der Waals surface area contributed by atoms with Crippen LogP contribution < -0.4 is 10.6 Å². The summed E-state index contributed by atoms with van der Waals surface area (Å²) >= 11 is 1.53. The standard InChI is InChI=1S/C29H27N5OS/c1-18-5-3-6-19(2)26(18)20-7-4-8-22(15-20)32-29-31-17-21-9-10-24-23(27(21)33-29)16-25(36-24)28(35)34-13-11-30-12-14-34/h3-10,15-17,30H,11-14H2,1-2H3,(H,31,32,33). The summed E-state index contributed by atoms with van der Waals surface area (Å²) in [7, 11) is 0. The summed E-state index contributed by atoms with van der Waals surface area (Å²) in [6, 6.07) is 20.8. The summed E-state index contributed by atoms with van der Waals surface area (Å²) in [4.78, 5) is 25.2. The van der Waals surface area contributed by atoms with Crippen molar-refractivity contribution in [2.24, 2.45) is 0 Å². The predicted molar refractivity (Wildman–Crippen MR) is 148 cm³/mol. The Morgan fingerprint density at radius 1 is 1.00 bits per heavy atom. The molecule has 0 bridgehead atoms. The lowest BCUT2D eigenvalue weighted by molar-refractivity contribution is 0.0741. The van der Waals surface area contributed by atoms with Crippen molar-refractivity contribution < 1.29 is 4.79 Å². The summed E-state index contributed by atoms with van der Waals surface area (Å²) in [5.74, 6) is 0.636. The van der Waals surface area contributed by atoms with Gasteiger partial charge in [0.2, 0.25) is 5.95 Å². The van der Waals surface area contributed by atoms with Gasteiger partial charge in [-0.2, -0.15) is 0 Å². The van der Waals surface area contributed by atoms with Crippen LogP contribution in [0.1, 0.15) is 20.8 Å². The van der Waals surface area contributed by atoms with Gasteiger partial charge in [-0.3, -0.25) is 4.79 Å². The Bertz CT molecular complexity index is 1580. The summed E-state index contributed by atoms with van der Waals surface area (Å²) in [6.07, 6.45) is 1.84. The molecular formula is C29H27N5OS. The van der Waals surface area contributed by atoms with E-state index in [0.29, 0.717) is 5.95 Å². The van der Waals surface area contributed by atoms with E-state index in [2.05, 4.69) is 71.9 Å². The number of hydrogen-bond acceptors (Lipinski definition) is 6. The monoisotopic (exact) mass is 493 g/mol. The van der Waals surface area contributed by atoms with E-state index in [1.165, 1.54) is 28.0 Å². The van der Waals surface area contributed by atoms with Gasteiger partial charge in [-0.1, -0.05) is 30.3 Å². The fraction of sp³-hybridized carbons (Fsp3) is 0.207. The van der Waals surface area contributed by atoms with Gasteiger partial charge >= 0.3 is 0 Å². The van der Waals surface area contributed by atoms with Crippen LogP contribution in [0.5, 0.6) is 0 Å². The topological polar surface area (TPSA) is 70.2 Å². The van der Waals surface area contributed by atoms with Crippen LogP contribution >= 0.6 is 11.3 Å². The largest absolute Gasteiger partial charge is 0.335 e. The molecule has 0 saturated carbocycles. The number of hydrogen-bond donors (Lipinski definition) is 2. The van der Waals surface area contributed by atoms with E-state index in [9.17, 15) is 4.79 Å². The Labute approximate surface area is 214 Å². The third kappa shape index (κ3) is 4.21. The minimum atomic E-state index is 0.0987. The molecule has 1 aliphatic heterocycles. The molecule has 3 aromatic carbocycles. The van der Waals surface area contributed by atoms with Crippen molar-refractivity contribution >= 4 is 49.9 Å². The summed E-state index contributed by atoms with van der Waals surface area (Å²) in [5, 5.41) is 8.64. The summed E-state index contributed by atoms with van der Waals surface area (Å²) < 4.78 is 1.06. The molecule has 5 aromatic rings. The van der Waals surface area contributed by atoms with E-state index in [1.54, 1.807) is 0 Å². The van der Waals surface area contributed by atoms with Gasteiger partial charge in [0.1, 0.15) is 0 Å². The molecule has 180 valence electrons. The fourth-order valence-electron chi connectivity index (χ4n) is 4.95. The maximum absolute atomic E-state index is 13.1. The zero-order chi connectivity index (χ0) is 24.6. The highest BCUT2D eigenvalue weighted by Gasteiger charge is 2.21. The maximum atomic E-state index is 13.1. The van der Waals surface area contributed by atoms with Crippen molar-refractivity contribution in [2.45, 2.75) is 13.8 Å². The number of amides is 1. The number of nitrogens with zero attached hydrogens (tertiary/aromatic N) is 3. The molecule has 6 rings (SSSR count). The minimum Gasteiger partial charge on any atom is -0.335 e. The van der Waals surface area contributed by atoms with Crippen molar-refractivity contribution in [1.82, 2.24) is 20.2 Å². The van der Waals surface area contributed by atoms with E-state index in [-0.39, 0.29) is 5.91 Å². The van der Waals surface area contributed by atoms with E-state index >= 15 is 0 Å². The molecule has 0 atom stereocenters. The van der Waals surface area contributed by atoms with Gasteiger partial charge in [-0.05, 0) is 66.4 Å². The number of aromatic nitrogens is 2. The van der Waals surface area contributed by atoms with Crippen molar-refractivity contribution in [1.29, 1.82) is 0 Å². The molecule has 2 N–H and O–H groups in total. The molecule has 0 radical (unpaired) electrons. The lowest BCUT2D eigenvalue weighted by Crippen LogP contribution is -2.46. The third-order valence-electron chi connectivity index (χ3n) is 6.75. The average Bonchev–Trinajstić information content (AvgIpc) is 3.34. The minimum absolute atomic E-state index is 0.0987. The summed E-state index contributed by atoms with van der Waals surface area (Å²) in [5.41, 5.74) is 6.70. The number of fused-ring (bicyclic) bond motifs is 3. The van der Waals surface area contributed by atoms with Crippen LogP contribution in [-0.2, 0) is 0 Å². The molecule has 1 amide bonds. The predicted octanol–water partition coefficient (Wildman–Crippen LogP) is 5.92. The van der Waals surface area contributed by atoms with E-state index in [1.807, 2.05) is 29.3 Å². The fourth-order valence-corrected chi connectivity index (χ4v) is 5.98. The lowest BCUT2D eigenvalue weighted by atomic mass is 9.95. The highest BCUT2D eigenvalue weighted by Crippen LogP contribution is 2.33. The molecule has 3 heterocycles. The number of thiophene rings is 1. The Morgan fingerprint density at radius 2 is 1.78 bits per heavy atom. The molecular weight excluding hydrogens is 466 g/mol. The first kappa shape index (κ1) is 22.6. The van der Waals surface area contributed by atoms with Crippen molar-refractivity contribution in [3.05, 3.63) is 82.9 Å². The number of aryl methyl sites for hydroxylation is 2. The lowest BCUT2D eigenvalue weighted by Gasteiger charge is -2.26. The van der Waals surface area contributed by atoms with Crippen LogP contribution in [0.3, 0.4) is 0 Å². The number of benzene rings is 3. The molecule has 7 heteroatoms. The van der Waals surface area contributed by atoms with Crippen LogP contribution in [-0.4, -0.2) is 47.0 Å². The van der Waals surface area contributed by atoms with Gasteiger partial charge in [0.25, 0.3) is 5.91 Å². The first-order valence-corrected chi connectivity index (χ1v) is 13.0. The van der Waals surface area contributed by atoms with Crippen LogP contribution in [0.4, 0.5) is 11.6 Å². The second-order valence-electron chi connectivity index (χ2n) is 9.23. The van der Waals surface area contributed by atoms with Crippen LogP contribution in [0.2, 0.25) is 0 Å². The number of nitrogens with one attached hydrogen (secondary N) is 2. The molecule has 1 aliphatic rings. The Hall–Kier alpha value is -3.81. The first-order valence-electron chi connectivity index (χ1n) is 12.2. The van der Waals surface area contributed by atoms with Gasteiger partial charge in [0, 0.05) is 53.5 Å². The molecule has 0 unspecified atom stereocenters. The zero-order valence-corrected chi connectivity index (χ0v) is 21.2. The highest BCUT2D eigenvalue weighted by atomic mass is 32.1. The number of anilines is 2. The summed E-state index contributed by atoms with van der Waals surface area (Å²) in [6.45, 7) is 7.44. The van der Waals surface area contributed by atoms with Gasteiger partial charge in [0.05, 0.1) is 10.4 Å². The maximum Gasteiger partial charge on any atom is 0.264 e. The van der Waals surface area contributed by atoms with Gasteiger partial charge in [0.15, 0.2) is 0 Å². The van der Waals surface area contributed by atoms with Crippen LogP contribution in [0, 0.1) is 13.8 Å². The zero-order valence-electron chi connectivity index (χ0n) is 20.3. The second kappa shape index (κ2) is 9.33. The van der Waals surface area contributed by atoms with Crippen molar-refractivity contribution in [3.63, 3.8) is 0 Å². The smallest absolute Gasteiger partial charge is 0.264 e. The molecule has 6 nitrogen and oxygen atoms in total. The number of carbonyl (C=O) groups excluding carboxylic acids is 1. The average molecular weight is 494 g/mol. The number of rotatable bonds is 4. The van der Waals surface area contributed by atoms with Gasteiger partial charge in [-0.15, -0.1) is 11.3 Å². The number of carbonyl (C=O) groups is 1. The van der Waals surface area contributed by atoms with Gasteiger partial charge in [-0.25, -0.2) is 9.97 Å². The Morgan fingerprint density at radius 3 is 2.58 bits per heavy atom. The molecule has 36 heavy (non-hydrogen) atoms. The highest BCUT2D eigenvalue weighted by molar-refractivity contribution is 7.21.